The van der Waals surface area contributed by atoms with Gasteiger partial charge in [-0.05, 0) is 60.0 Å². The second-order valence-electron chi connectivity index (χ2n) is 7.98. The first kappa shape index (κ1) is 23.3. The second-order valence-corrected chi connectivity index (χ2v) is 9.26. The molecule has 1 aliphatic heterocycles. The third kappa shape index (κ3) is 4.89. The Kier molecular flexibility index (Phi) is 7.26. The van der Waals surface area contributed by atoms with Crippen molar-refractivity contribution in [1.82, 2.24) is 4.90 Å². The predicted octanol–water partition coefficient (Wildman–Crippen LogP) is 7.77. The molecule has 0 spiro atoms. The first-order valence-corrected chi connectivity index (χ1v) is 11.7. The highest BCUT2D eigenvalue weighted by Gasteiger charge is 2.37. The van der Waals surface area contributed by atoms with Gasteiger partial charge in [0.2, 0.25) is 0 Å². The summed E-state index contributed by atoms with van der Waals surface area (Å²) in [5, 5.41) is 1.86. The van der Waals surface area contributed by atoms with Gasteiger partial charge in [-0.15, -0.1) is 0 Å². The molecule has 0 aromatic heterocycles. The molecule has 0 amide bonds. The molecular weight excluding hydrogens is 473 g/mol. The second kappa shape index (κ2) is 9.96. The lowest BCUT2D eigenvalue weighted by molar-refractivity contribution is 0.127. The molecule has 0 radical (unpaired) electrons. The van der Waals surface area contributed by atoms with Crippen molar-refractivity contribution in [3.63, 3.8) is 0 Å². The topological polar surface area (TPSA) is 6.48 Å². The SMILES string of the molecule is CC[C@@H]1C(c2ccc(Cl)cc2)N(c2ccc(Cl)cc2Cl)CCN1Cc1ccc(F)c(F)c1. The molecule has 0 saturated carbocycles. The van der Waals surface area contributed by atoms with Crippen LogP contribution in [0.5, 0.6) is 0 Å². The van der Waals surface area contributed by atoms with Gasteiger partial charge in [0.15, 0.2) is 11.6 Å². The molecule has 1 unspecified atom stereocenters. The van der Waals surface area contributed by atoms with E-state index in [1.165, 1.54) is 12.1 Å². The average molecular weight is 496 g/mol. The van der Waals surface area contributed by atoms with E-state index in [1.807, 2.05) is 36.4 Å². The third-order valence-electron chi connectivity index (χ3n) is 6.02. The summed E-state index contributed by atoms with van der Waals surface area (Å²) < 4.78 is 27.2. The number of piperazine rings is 1. The Bertz CT molecular complexity index is 1090. The number of benzene rings is 3. The number of hydrogen-bond donors (Lipinski definition) is 0. The van der Waals surface area contributed by atoms with Crippen LogP contribution in [-0.4, -0.2) is 24.0 Å². The van der Waals surface area contributed by atoms with Crippen molar-refractivity contribution in [2.75, 3.05) is 18.0 Å². The fourth-order valence-corrected chi connectivity index (χ4v) is 5.19. The van der Waals surface area contributed by atoms with Gasteiger partial charge in [-0.3, -0.25) is 4.90 Å². The molecule has 0 aliphatic carbocycles. The Morgan fingerprint density at radius 1 is 0.844 bits per heavy atom. The maximum absolute atomic E-state index is 13.8. The quantitative estimate of drug-likeness (QED) is 0.357. The van der Waals surface area contributed by atoms with Gasteiger partial charge < -0.3 is 4.90 Å². The van der Waals surface area contributed by atoms with Crippen molar-refractivity contribution < 1.29 is 8.78 Å². The average Bonchev–Trinajstić information content (AvgIpc) is 2.77. The van der Waals surface area contributed by atoms with E-state index in [4.69, 9.17) is 34.8 Å². The molecule has 1 aliphatic rings. The molecule has 1 saturated heterocycles. The van der Waals surface area contributed by atoms with Crippen LogP contribution in [-0.2, 0) is 6.54 Å². The van der Waals surface area contributed by atoms with Crippen LogP contribution in [0.25, 0.3) is 0 Å². The van der Waals surface area contributed by atoms with Crippen molar-refractivity contribution in [2.24, 2.45) is 0 Å². The summed E-state index contributed by atoms with van der Waals surface area (Å²) in [6.45, 7) is 4.14. The van der Waals surface area contributed by atoms with E-state index < -0.39 is 11.6 Å². The van der Waals surface area contributed by atoms with Gasteiger partial charge in [-0.25, -0.2) is 8.78 Å². The van der Waals surface area contributed by atoms with Gasteiger partial charge in [0.25, 0.3) is 0 Å². The van der Waals surface area contributed by atoms with Gasteiger partial charge in [0.05, 0.1) is 16.8 Å². The van der Waals surface area contributed by atoms with E-state index in [1.54, 1.807) is 12.1 Å². The van der Waals surface area contributed by atoms with Crippen molar-refractivity contribution in [2.45, 2.75) is 32.0 Å². The molecule has 1 fully saturated rings. The standard InChI is InChI=1S/C25H23Cl3F2N2/c1-2-23-25(17-4-6-18(26)7-5-17)32(24-10-8-19(27)14-20(24)28)12-11-31(23)15-16-3-9-21(29)22(30)13-16/h3-10,13-14,23,25H,2,11-12,15H2,1H3/t23-,25?/m1/s1. The monoisotopic (exact) mass is 494 g/mol. The van der Waals surface area contributed by atoms with Gasteiger partial charge in [-0.2, -0.15) is 0 Å². The lowest BCUT2D eigenvalue weighted by Crippen LogP contribution is -2.54. The molecular formula is C25H23Cl3F2N2. The van der Waals surface area contributed by atoms with Crippen molar-refractivity contribution in [3.8, 4) is 0 Å². The van der Waals surface area contributed by atoms with Crippen LogP contribution in [0.3, 0.4) is 0 Å². The molecule has 2 atom stereocenters. The van der Waals surface area contributed by atoms with Crippen LogP contribution < -0.4 is 4.90 Å². The zero-order valence-corrected chi connectivity index (χ0v) is 19.8. The smallest absolute Gasteiger partial charge is 0.159 e. The van der Waals surface area contributed by atoms with Crippen molar-refractivity contribution in [3.05, 3.63) is 98.5 Å². The maximum atomic E-state index is 13.8. The predicted molar refractivity (Wildman–Crippen MR) is 129 cm³/mol. The highest BCUT2D eigenvalue weighted by molar-refractivity contribution is 6.36. The first-order chi connectivity index (χ1) is 15.4. The molecule has 7 heteroatoms. The summed E-state index contributed by atoms with van der Waals surface area (Å²) in [7, 11) is 0. The molecule has 0 bridgehead atoms. The van der Waals surface area contributed by atoms with E-state index in [-0.39, 0.29) is 12.1 Å². The summed E-state index contributed by atoms with van der Waals surface area (Å²) >= 11 is 18.9. The van der Waals surface area contributed by atoms with Crippen LogP contribution in [0, 0.1) is 11.6 Å². The Morgan fingerprint density at radius 2 is 1.56 bits per heavy atom. The molecule has 32 heavy (non-hydrogen) atoms. The summed E-state index contributed by atoms with van der Waals surface area (Å²) in [6.07, 6.45) is 0.860. The fraction of sp³-hybridized carbons (Fsp3) is 0.280. The lowest BCUT2D eigenvalue weighted by atomic mass is 9.91. The van der Waals surface area contributed by atoms with Crippen LogP contribution >= 0.6 is 34.8 Å². The normalized spacial score (nSPS) is 19.4. The molecule has 3 aromatic carbocycles. The number of anilines is 1. The summed E-state index contributed by atoms with van der Waals surface area (Å²) in [5.41, 5.74) is 2.78. The van der Waals surface area contributed by atoms with Crippen LogP contribution in [0.4, 0.5) is 14.5 Å². The Morgan fingerprint density at radius 3 is 2.22 bits per heavy atom. The number of rotatable bonds is 5. The van der Waals surface area contributed by atoms with Gasteiger partial charge >= 0.3 is 0 Å². The zero-order valence-electron chi connectivity index (χ0n) is 17.5. The largest absolute Gasteiger partial charge is 0.360 e. The third-order valence-corrected chi connectivity index (χ3v) is 6.81. The fourth-order valence-electron chi connectivity index (χ4n) is 4.55. The van der Waals surface area contributed by atoms with Crippen molar-refractivity contribution in [1.29, 1.82) is 0 Å². The Labute approximate surface area is 202 Å². The summed E-state index contributed by atoms with van der Waals surface area (Å²) in [5.74, 6) is -1.65. The number of halogens is 5. The zero-order chi connectivity index (χ0) is 22.8. The number of nitrogens with zero attached hydrogens (tertiary/aromatic N) is 2. The first-order valence-electron chi connectivity index (χ1n) is 10.5. The highest BCUT2D eigenvalue weighted by atomic mass is 35.5. The van der Waals surface area contributed by atoms with E-state index in [2.05, 4.69) is 16.7 Å². The molecule has 168 valence electrons. The minimum absolute atomic E-state index is 0.00464. The lowest BCUT2D eigenvalue weighted by Gasteiger charge is -2.49. The van der Waals surface area contributed by atoms with E-state index in [0.717, 1.165) is 36.3 Å². The summed E-state index contributed by atoms with van der Waals surface area (Å²) in [6, 6.07) is 17.6. The van der Waals surface area contributed by atoms with Gasteiger partial charge in [0.1, 0.15) is 0 Å². The van der Waals surface area contributed by atoms with E-state index in [0.29, 0.717) is 21.6 Å². The van der Waals surface area contributed by atoms with E-state index in [9.17, 15) is 8.78 Å². The van der Waals surface area contributed by atoms with Crippen molar-refractivity contribution >= 4 is 40.5 Å². The molecule has 3 aromatic rings. The van der Waals surface area contributed by atoms with Crippen LogP contribution in [0.1, 0.15) is 30.5 Å². The van der Waals surface area contributed by atoms with E-state index >= 15 is 0 Å². The van der Waals surface area contributed by atoms with Gasteiger partial charge in [-0.1, -0.05) is 59.9 Å². The molecule has 4 rings (SSSR count). The Balaban J connectivity index is 1.72. The van der Waals surface area contributed by atoms with Crippen LogP contribution in [0.2, 0.25) is 15.1 Å². The Hall–Kier alpha value is -1.85. The van der Waals surface area contributed by atoms with Crippen LogP contribution in [0.15, 0.2) is 60.7 Å². The molecule has 2 nitrogen and oxygen atoms in total. The summed E-state index contributed by atoms with van der Waals surface area (Å²) in [4.78, 5) is 4.63. The maximum Gasteiger partial charge on any atom is 0.159 e. The molecule has 1 heterocycles. The van der Waals surface area contributed by atoms with Gasteiger partial charge in [0, 0.05) is 35.7 Å². The minimum Gasteiger partial charge on any atom is -0.360 e. The number of hydrogen-bond acceptors (Lipinski definition) is 2. The molecule has 0 N–H and O–H groups in total. The highest BCUT2D eigenvalue weighted by Crippen LogP contribution is 2.40. The minimum atomic E-state index is -0.831.